The molecule has 1 aromatic rings. The summed E-state index contributed by atoms with van der Waals surface area (Å²) in [4.78, 5) is 11.8. The van der Waals surface area contributed by atoms with Crippen molar-refractivity contribution < 1.29 is 13.9 Å². The molecule has 0 spiro atoms. The van der Waals surface area contributed by atoms with Crippen molar-refractivity contribution in [3.05, 3.63) is 23.1 Å². The van der Waals surface area contributed by atoms with Crippen molar-refractivity contribution in [3.8, 4) is 0 Å². The number of ketones is 1. The Morgan fingerprint density at radius 2 is 2.07 bits per heavy atom. The van der Waals surface area contributed by atoms with Crippen molar-refractivity contribution in [1.29, 1.82) is 0 Å². The van der Waals surface area contributed by atoms with Gasteiger partial charge < -0.3 is 9.15 Å². The SMILES string of the molecule is O=C(c1ccc(Cl)o1)C1CCOCC1. The van der Waals surface area contributed by atoms with Crippen LogP contribution >= 0.6 is 11.6 Å². The van der Waals surface area contributed by atoms with Crippen LogP contribution in [0.15, 0.2) is 16.5 Å². The number of carbonyl (C=O) groups excluding carboxylic acids is 1. The lowest BCUT2D eigenvalue weighted by Crippen LogP contribution is -2.23. The first-order chi connectivity index (χ1) is 6.77. The summed E-state index contributed by atoms with van der Waals surface area (Å²) in [5.41, 5.74) is 0. The zero-order chi connectivity index (χ0) is 9.97. The molecule has 1 aliphatic rings. The van der Waals surface area contributed by atoms with Crippen LogP contribution in [0, 0.1) is 5.92 Å². The van der Waals surface area contributed by atoms with E-state index in [0.29, 0.717) is 19.0 Å². The van der Waals surface area contributed by atoms with Crippen LogP contribution in [0.1, 0.15) is 23.4 Å². The average molecular weight is 215 g/mol. The van der Waals surface area contributed by atoms with Gasteiger partial charge in [-0.05, 0) is 36.6 Å². The summed E-state index contributed by atoms with van der Waals surface area (Å²) in [5, 5.41) is 0.264. The monoisotopic (exact) mass is 214 g/mol. The third kappa shape index (κ3) is 1.99. The second-order valence-electron chi connectivity index (χ2n) is 3.35. The van der Waals surface area contributed by atoms with E-state index in [2.05, 4.69) is 0 Å². The van der Waals surface area contributed by atoms with Gasteiger partial charge >= 0.3 is 0 Å². The fraction of sp³-hybridized carbons (Fsp3) is 0.500. The Labute approximate surface area is 87.0 Å². The van der Waals surface area contributed by atoms with Gasteiger partial charge in [-0.25, -0.2) is 0 Å². The highest BCUT2D eigenvalue weighted by molar-refractivity contribution is 6.29. The largest absolute Gasteiger partial charge is 0.442 e. The first kappa shape index (κ1) is 9.74. The summed E-state index contributed by atoms with van der Waals surface area (Å²) < 4.78 is 10.3. The van der Waals surface area contributed by atoms with Gasteiger partial charge in [0.25, 0.3) is 0 Å². The Bertz CT molecular complexity index is 326. The van der Waals surface area contributed by atoms with Crippen LogP contribution in [0.5, 0.6) is 0 Å². The summed E-state index contributed by atoms with van der Waals surface area (Å²) in [6.45, 7) is 1.32. The zero-order valence-electron chi connectivity index (χ0n) is 7.66. The zero-order valence-corrected chi connectivity index (χ0v) is 8.42. The van der Waals surface area contributed by atoms with Gasteiger partial charge in [-0.3, -0.25) is 4.79 Å². The molecule has 0 aromatic carbocycles. The fourth-order valence-electron chi connectivity index (χ4n) is 1.61. The van der Waals surface area contributed by atoms with Crippen molar-refractivity contribution >= 4 is 17.4 Å². The molecule has 0 radical (unpaired) electrons. The number of furan rings is 1. The van der Waals surface area contributed by atoms with Gasteiger partial charge in [0.1, 0.15) is 0 Å². The number of Topliss-reactive ketones (excluding diaryl/α,β-unsaturated/α-hetero) is 1. The Kier molecular flexibility index (Phi) is 2.89. The molecule has 1 aliphatic heterocycles. The Morgan fingerprint density at radius 1 is 1.36 bits per heavy atom. The minimum atomic E-state index is 0.0333. The molecule has 0 bridgehead atoms. The van der Waals surface area contributed by atoms with Crippen LogP contribution in [0.3, 0.4) is 0 Å². The highest BCUT2D eigenvalue weighted by atomic mass is 35.5. The first-order valence-electron chi connectivity index (χ1n) is 4.64. The number of rotatable bonds is 2. The second-order valence-corrected chi connectivity index (χ2v) is 3.73. The standard InChI is InChI=1S/C10H11ClO3/c11-9-2-1-8(14-9)10(12)7-3-5-13-6-4-7/h1-2,7H,3-6H2. The Hall–Kier alpha value is -0.800. The molecule has 3 nitrogen and oxygen atoms in total. The molecule has 0 unspecified atom stereocenters. The van der Waals surface area contributed by atoms with E-state index in [4.69, 9.17) is 20.8 Å². The molecule has 2 rings (SSSR count). The maximum atomic E-state index is 11.8. The molecule has 14 heavy (non-hydrogen) atoms. The molecule has 1 aromatic heterocycles. The molecule has 0 aliphatic carbocycles. The maximum Gasteiger partial charge on any atom is 0.201 e. The number of carbonyl (C=O) groups is 1. The van der Waals surface area contributed by atoms with Gasteiger partial charge in [0.15, 0.2) is 11.0 Å². The Morgan fingerprint density at radius 3 is 2.64 bits per heavy atom. The summed E-state index contributed by atoms with van der Waals surface area (Å²) in [6, 6.07) is 3.22. The summed E-state index contributed by atoms with van der Waals surface area (Å²) in [6.07, 6.45) is 1.55. The van der Waals surface area contributed by atoms with Gasteiger partial charge in [-0.1, -0.05) is 0 Å². The molecule has 0 atom stereocenters. The fourth-order valence-corrected chi connectivity index (χ4v) is 1.75. The topological polar surface area (TPSA) is 39.4 Å². The van der Waals surface area contributed by atoms with Gasteiger partial charge in [0.2, 0.25) is 5.78 Å². The number of hydrogen-bond donors (Lipinski definition) is 0. The van der Waals surface area contributed by atoms with Crippen molar-refractivity contribution in [3.63, 3.8) is 0 Å². The molecule has 1 fully saturated rings. The molecule has 4 heteroatoms. The van der Waals surface area contributed by atoms with E-state index < -0.39 is 0 Å². The van der Waals surface area contributed by atoms with Crippen LogP contribution in [0.4, 0.5) is 0 Å². The van der Waals surface area contributed by atoms with Gasteiger partial charge in [0.05, 0.1) is 0 Å². The predicted octanol–water partition coefficient (Wildman–Crippen LogP) is 2.54. The number of hydrogen-bond acceptors (Lipinski definition) is 3. The van der Waals surface area contributed by atoms with E-state index in [-0.39, 0.29) is 16.9 Å². The van der Waals surface area contributed by atoms with E-state index in [0.717, 1.165) is 12.8 Å². The number of ether oxygens (including phenoxy) is 1. The van der Waals surface area contributed by atoms with Crippen LogP contribution in [0.2, 0.25) is 5.22 Å². The van der Waals surface area contributed by atoms with Gasteiger partial charge in [-0.15, -0.1) is 0 Å². The van der Waals surface area contributed by atoms with Crippen LogP contribution in [-0.2, 0) is 4.74 Å². The molecule has 2 heterocycles. The van der Waals surface area contributed by atoms with Crippen molar-refractivity contribution in [2.75, 3.05) is 13.2 Å². The van der Waals surface area contributed by atoms with E-state index in [1.165, 1.54) is 0 Å². The third-order valence-electron chi connectivity index (χ3n) is 2.41. The minimum Gasteiger partial charge on any atom is -0.442 e. The van der Waals surface area contributed by atoms with Crippen LogP contribution in [0.25, 0.3) is 0 Å². The van der Waals surface area contributed by atoms with E-state index in [1.807, 2.05) is 0 Å². The van der Waals surface area contributed by atoms with Gasteiger partial charge in [-0.2, -0.15) is 0 Å². The van der Waals surface area contributed by atoms with Crippen molar-refractivity contribution in [1.82, 2.24) is 0 Å². The van der Waals surface area contributed by atoms with E-state index in [9.17, 15) is 4.79 Å². The highest BCUT2D eigenvalue weighted by Gasteiger charge is 2.24. The van der Waals surface area contributed by atoms with E-state index >= 15 is 0 Å². The van der Waals surface area contributed by atoms with E-state index in [1.54, 1.807) is 12.1 Å². The predicted molar refractivity (Wildman–Crippen MR) is 51.6 cm³/mol. The quantitative estimate of drug-likeness (QED) is 0.711. The average Bonchev–Trinajstić information content (AvgIpc) is 2.65. The molecule has 1 saturated heterocycles. The lowest BCUT2D eigenvalue weighted by molar-refractivity contribution is 0.0527. The molecule has 76 valence electrons. The summed E-state index contributed by atoms with van der Waals surface area (Å²) in [7, 11) is 0. The third-order valence-corrected chi connectivity index (χ3v) is 2.61. The van der Waals surface area contributed by atoms with Crippen LogP contribution in [-0.4, -0.2) is 19.0 Å². The number of halogens is 1. The summed E-state index contributed by atoms with van der Waals surface area (Å²) >= 11 is 5.60. The highest BCUT2D eigenvalue weighted by Crippen LogP contribution is 2.22. The lowest BCUT2D eigenvalue weighted by Gasteiger charge is -2.19. The van der Waals surface area contributed by atoms with Crippen LogP contribution < -0.4 is 0 Å². The molecule has 0 saturated carbocycles. The first-order valence-corrected chi connectivity index (χ1v) is 5.02. The normalized spacial score (nSPS) is 18.4. The maximum absolute atomic E-state index is 11.8. The van der Waals surface area contributed by atoms with Gasteiger partial charge in [0, 0.05) is 19.1 Å². The molecular formula is C10H11ClO3. The molecule has 0 amide bonds. The van der Waals surface area contributed by atoms with Crippen molar-refractivity contribution in [2.24, 2.45) is 5.92 Å². The Balaban J connectivity index is 2.07. The molecule has 0 N–H and O–H groups in total. The van der Waals surface area contributed by atoms with Crippen molar-refractivity contribution in [2.45, 2.75) is 12.8 Å². The summed E-state index contributed by atoms with van der Waals surface area (Å²) in [5.74, 6) is 0.438. The second kappa shape index (κ2) is 4.15. The smallest absolute Gasteiger partial charge is 0.201 e. The minimum absolute atomic E-state index is 0.0333. The molecular weight excluding hydrogens is 204 g/mol. The lowest BCUT2D eigenvalue weighted by atomic mass is 9.94.